The van der Waals surface area contributed by atoms with Crippen LogP contribution in [0.5, 0.6) is 0 Å². The highest BCUT2D eigenvalue weighted by molar-refractivity contribution is 5.85. The van der Waals surface area contributed by atoms with Gasteiger partial charge in [-0.3, -0.25) is 4.79 Å². The van der Waals surface area contributed by atoms with E-state index >= 15 is 0 Å². The molecule has 1 aromatic heterocycles. The van der Waals surface area contributed by atoms with Gasteiger partial charge in [0.1, 0.15) is 0 Å². The van der Waals surface area contributed by atoms with Crippen LogP contribution >= 0.6 is 12.4 Å². The van der Waals surface area contributed by atoms with E-state index in [0.29, 0.717) is 18.9 Å². The molecule has 2 aromatic rings. The third kappa shape index (κ3) is 4.11. The Morgan fingerprint density at radius 3 is 2.67 bits per heavy atom. The van der Waals surface area contributed by atoms with Crippen molar-refractivity contribution in [3.8, 4) is 0 Å². The first-order chi connectivity index (χ1) is 11.2. The fourth-order valence-corrected chi connectivity index (χ4v) is 3.84. The molecular weight excluding hydrogens is 322 g/mol. The first-order valence-corrected chi connectivity index (χ1v) is 8.72. The number of halogens is 1. The third-order valence-electron chi connectivity index (χ3n) is 5.21. The van der Waals surface area contributed by atoms with E-state index in [1.807, 2.05) is 19.2 Å². The van der Waals surface area contributed by atoms with Crippen LogP contribution in [0, 0.1) is 5.92 Å². The van der Waals surface area contributed by atoms with Gasteiger partial charge in [0.15, 0.2) is 0 Å². The molecule has 1 aliphatic rings. The van der Waals surface area contributed by atoms with Crippen molar-refractivity contribution in [1.82, 2.24) is 9.88 Å². The highest BCUT2D eigenvalue weighted by Gasteiger charge is 2.24. The van der Waals surface area contributed by atoms with E-state index in [9.17, 15) is 4.79 Å². The number of carbonyl (C=O) groups excluding carboxylic acids is 1. The van der Waals surface area contributed by atoms with Crippen molar-refractivity contribution in [2.45, 2.75) is 44.6 Å². The lowest BCUT2D eigenvalue weighted by Crippen LogP contribution is -2.46. The van der Waals surface area contributed by atoms with Gasteiger partial charge in [-0.2, -0.15) is 0 Å². The average molecular weight is 350 g/mol. The molecule has 3 N–H and O–H groups in total. The smallest absolute Gasteiger partial charge is 0.226 e. The third-order valence-corrected chi connectivity index (χ3v) is 5.21. The Morgan fingerprint density at radius 2 is 2.00 bits per heavy atom. The number of amides is 1. The Hall–Kier alpha value is -1.52. The molecule has 1 heterocycles. The van der Waals surface area contributed by atoms with Crippen molar-refractivity contribution in [2.75, 3.05) is 6.54 Å². The van der Waals surface area contributed by atoms with Crippen LogP contribution in [0.2, 0.25) is 0 Å². The lowest BCUT2D eigenvalue weighted by Gasteiger charge is -2.30. The first-order valence-electron chi connectivity index (χ1n) is 8.72. The van der Waals surface area contributed by atoms with Crippen LogP contribution in [0.25, 0.3) is 10.9 Å². The van der Waals surface area contributed by atoms with E-state index in [1.54, 1.807) is 0 Å². The number of nitrogens with one attached hydrogen (secondary N) is 1. The van der Waals surface area contributed by atoms with Gasteiger partial charge in [-0.05, 0) is 36.3 Å². The van der Waals surface area contributed by atoms with Gasteiger partial charge in [0.25, 0.3) is 0 Å². The topological polar surface area (TPSA) is 60.0 Å². The molecule has 132 valence electrons. The summed E-state index contributed by atoms with van der Waals surface area (Å²) < 4.78 is 2.10. The Balaban J connectivity index is 0.00000208. The first kappa shape index (κ1) is 18.8. The molecule has 0 bridgehead atoms. The number of hydrogen-bond donors (Lipinski definition) is 2. The number of aromatic nitrogens is 1. The van der Waals surface area contributed by atoms with Gasteiger partial charge < -0.3 is 15.6 Å². The second-order valence-electron chi connectivity index (χ2n) is 6.74. The summed E-state index contributed by atoms with van der Waals surface area (Å²) in [7, 11) is 2.02. The summed E-state index contributed by atoms with van der Waals surface area (Å²) in [5, 5.41) is 4.36. The van der Waals surface area contributed by atoms with E-state index in [-0.39, 0.29) is 24.4 Å². The summed E-state index contributed by atoms with van der Waals surface area (Å²) in [5.41, 5.74) is 8.13. The fraction of sp³-hybridized carbons (Fsp3) is 0.526. The van der Waals surface area contributed by atoms with Crippen molar-refractivity contribution in [1.29, 1.82) is 0 Å². The van der Waals surface area contributed by atoms with Crippen molar-refractivity contribution < 1.29 is 4.79 Å². The number of aryl methyl sites for hydroxylation is 1. The summed E-state index contributed by atoms with van der Waals surface area (Å²) >= 11 is 0. The molecule has 0 radical (unpaired) electrons. The van der Waals surface area contributed by atoms with Crippen LogP contribution in [-0.2, 0) is 18.3 Å². The molecule has 1 unspecified atom stereocenters. The van der Waals surface area contributed by atoms with Crippen LogP contribution in [-0.4, -0.2) is 23.1 Å². The maximum atomic E-state index is 12.5. The van der Waals surface area contributed by atoms with Gasteiger partial charge in [-0.15, -0.1) is 12.4 Å². The van der Waals surface area contributed by atoms with Crippen LogP contribution in [0.15, 0.2) is 30.3 Å². The molecule has 0 spiro atoms. The molecule has 0 aliphatic heterocycles. The van der Waals surface area contributed by atoms with E-state index in [2.05, 4.69) is 28.1 Å². The van der Waals surface area contributed by atoms with E-state index in [0.717, 1.165) is 11.2 Å². The Labute approximate surface area is 150 Å². The lowest BCUT2D eigenvalue weighted by molar-refractivity contribution is -0.121. The maximum absolute atomic E-state index is 12.5. The van der Waals surface area contributed by atoms with Crippen molar-refractivity contribution in [2.24, 2.45) is 18.7 Å². The number of hydrogen-bond acceptors (Lipinski definition) is 2. The fourth-order valence-electron chi connectivity index (χ4n) is 3.84. The highest BCUT2D eigenvalue weighted by Crippen LogP contribution is 2.26. The highest BCUT2D eigenvalue weighted by atomic mass is 35.5. The van der Waals surface area contributed by atoms with Crippen LogP contribution in [0.4, 0.5) is 0 Å². The number of nitrogens with two attached hydrogens (primary N) is 1. The molecule has 3 rings (SSSR count). The molecule has 1 amide bonds. The predicted octanol–water partition coefficient (Wildman–Crippen LogP) is 3.17. The molecule has 24 heavy (non-hydrogen) atoms. The lowest BCUT2D eigenvalue weighted by atomic mass is 9.84. The van der Waals surface area contributed by atoms with Crippen molar-refractivity contribution in [3.63, 3.8) is 0 Å². The molecular formula is C19H28ClN3O. The summed E-state index contributed by atoms with van der Waals surface area (Å²) in [6.45, 7) is 0.533. The normalized spacial score (nSPS) is 16.6. The van der Waals surface area contributed by atoms with E-state index in [4.69, 9.17) is 5.73 Å². The summed E-state index contributed by atoms with van der Waals surface area (Å²) in [5.74, 6) is 0.627. The SMILES string of the molecule is Cl.Cn1c(CC(=O)NC(CN)C2CCCCC2)cc2ccccc21. The maximum Gasteiger partial charge on any atom is 0.226 e. The van der Waals surface area contributed by atoms with Crippen molar-refractivity contribution in [3.05, 3.63) is 36.0 Å². The minimum atomic E-state index is 0. The Kier molecular flexibility index (Phi) is 6.69. The zero-order valence-electron chi connectivity index (χ0n) is 14.3. The molecule has 1 aliphatic carbocycles. The monoisotopic (exact) mass is 349 g/mol. The van der Waals surface area contributed by atoms with Crippen LogP contribution in [0.1, 0.15) is 37.8 Å². The van der Waals surface area contributed by atoms with E-state index in [1.165, 1.54) is 37.5 Å². The zero-order chi connectivity index (χ0) is 16.2. The van der Waals surface area contributed by atoms with Gasteiger partial charge in [-0.25, -0.2) is 0 Å². The minimum Gasteiger partial charge on any atom is -0.351 e. The van der Waals surface area contributed by atoms with Gasteiger partial charge >= 0.3 is 0 Å². The number of rotatable bonds is 5. The molecule has 0 saturated heterocycles. The van der Waals surface area contributed by atoms with Gasteiger partial charge in [0.05, 0.1) is 6.42 Å². The number of benzene rings is 1. The quantitative estimate of drug-likeness (QED) is 0.871. The van der Waals surface area contributed by atoms with Gasteiger partial charge in [0.2, 0.25) is 5.91 Å². The second-order valence-corrected chi connectivity index (χ2v) is 6.74. The minimum absolute atomic E-state index is 0. The number of nitrogens with zero attached hydrogens (tertiary/aromatic N) is 1. The number of para-hydroxylation sites is 1. The molecule has 1 atom stereocenters. The Morgan fingerprint density at radius 1 is 1.29 bits per heavy atom. The number of fused-ring (bicyclic) bond motifs is 1. The molecule has 1 fully saturated rings. The van der Waals surface area contributed by atoms with Crippen molar-refractivity contribution >= 4 is 29.2 Å². The molecule has 1 saturated carbocycles. The average Bonchev–Trinajstić information content (AvgIpc) is 2.90. The summed E-state index contributed by atoms with van der Waals surface area (Å²) in [4.78, 5) is 12.5. The zero-order valence-corrected chi connectivity index (χ0v) is 15.1. The second kappa shape index (κ2) is 8.54. The predicted molar refractivity (Wildman–Crippen MR) is 101 cm³/mol. The van der Waals surface area contributed by atoms with Crippen LogP contribution < -0.4 is 11.1 Å². The van der Waals surface area contributed by atoms with Crippen LogP contribution in [0.3, 0.4) is 0 Å². The summed E-state index contributed by atoms with van der Waals surface area (Å²) in [6, 6.07) is 10.5. The standard InChI is InChI=1S/C19H27N3O.ClH/c1-22-16(11-15-9-5-6-10-18(15)22)12-19(23)21-17(13-20)14-7-3-2-4-8-14;/h5-6,9-11,14,17H,2-4,7-8,12-13,20H2,1H3,(H,21,23);1H. The van der Waals surface area contributed by atoms with Gasteiger partial charge in [-0.1, -0.05) is 37.5 Å². The molecule has 1 aromatic carbocycles. The van der Waals surface area contributed by atoms with E-state index < -0.39 is 0 Å². The number of carbonyl (C=O) groups is 1. The Bertz CT molecular complexity index is 676. The molecule has 4 nitrogen and oxygen atoms in total. The largest absolute Gasteiger partial charge is 0.351 e. The summed E-state index contributed by atoms with van der Waals surface area (Å²) in [6.07, 6.45) is 6.64. The molecule has 5 heteroatoms. The van der Waals surface area contributed by atoms with Gasteiger partial charge in [0, 0.05) is 30.8 Å².